The van der Waals surface area contributed by atoms with Crippen molar-refractivity contribution in [2.45, 2.75) is 0 Å². The number of rotatable bonds is 4. The van der Waals surface area contributed by atoms with Crippen molar-refractivity contribution in [3.8, 4) is 6.07 Å². The van der Waals surface area contributed by atoms with Gasteiger partial charge >= 0.3 is 5.97 Å². The zero-order valence-electron chi connectivity index (χ0n) is 7.01. The minimum Gasteiger partial charge on any atom is -0.481 e. The van der Waals surface area contributed by atoms with Crippen LogP contribution in [0, 0.1) is 11.3 Å². The lowest BCUT2D eigenvalue weighted by Crippen LogP contribution is -1.98. The Morgan fingerprint density at radius 2 is 2.57 bits per heavy atom. The maximum absolute atomic E-state index is 10.2. The van der Waals surface area contributed by atoms with Crippen LogP contribution in [0.25, 0.3) is 0 Å². The largest absolute Gasteiger partial charge is 0.481 e. The van der Waals surface area contributed by atoms with Crippen LogP contribution in [0.4, 0.5) is 0 Å². The molecule has 14 heavy (non-hydrogen) atoms. The van der Waals surface area contributed by atoms with Crippen LogP contribution >= 0.6 is 23.3 Å². The molecule has 0 radical (unpaired) electrons. The lowest BCUT2D eigenvalue weighted by Gasteiger charge is -1.91. The smallest absolute Gasteiger partial charge is 0.315 e. The molecule has 1 aromatic rings. The molecule has 72 valence electrons. The SMILES string of the molecule is N#C/C(=N\SCC(=O)O)c1cccs1. The first kappa shape index (κ1) is 10.8. The van der Waals surface area contributed by atoms with Gasteiger partial charge in [0.15, 0.2) is 5.71 Å². The second-order valence-corrected chi connectivity index (χ2v) is 3.87. The zero-order chi connectivity index (χ0) is 10.4. The molecule has 6 heteroatoms. The van der Waals surface area contributed by atoms with Crippen molar-refractivity contribution < 1.29 is 9.90 Å². The van der Waals surface area contributed by atoms with Gasteiger partial charge in [0, 0.05) is 0 Å². The third-order valence-electron chi connectivity index (χ3n) is 1.20. The highest BCUT2D eigenvalue weighted by molar-refractivity contribution is 7.98. The maximum atomic E-state index is 10.2. The Morgan fingerprint density at radius 3 is 3.07 bits per heavy atom. The first-order valence-electron chi connectivity index (χ1n) is 3.59. The van der Waals surface area contributed by atoms with E-state index in [1.807, 2.05) is 17.5 Å². The molecular weight excluding hydrogens is 220 g/mol. The Labute approximate surface area is 89.0 Å². The summed E-state index contributed by atoms with van der Waals surface area (Å²) in [5.41, 5.74) is 0.270. The summed E-state index contributed by atoms with van der Waals surface area (Å²) in [7, 11) is 0. The molecule has 0 aromatic carbocycles. The van der Waals surface area contributed by atoms with E-state index in [1.165, 1.54) is 11.3 Å². The van der Waals surface area contributed by atoms with Crippen molar-refractivity contribution in [1.29, 1.82) is 5.26 Å². The molecule has 0 fully saturated rings. The Bertz CT molecular complexity index is 379. The van der Waals surface area contributed by atoms with Crippen molar-refractivity contribution in [3.05, 3.63) is 22.4 Å². The van der Waals surface area contributed by atoms with Gasteiger partial charge < -0.3 is 5.11 Å². The number of aliphatic carboxylic acids is 1. The van der Waals surface area contributed by atoms with Crippen molar-refractivity contribution in [2.24, 2.45) is 4.40 Å². The summed E-state index contributed by atoms with van der Waals surface area (Å²) < 4.78 is 3.83. The van der Waals surface area contributed by atoms with Crippen LogP contribution in [0.5, 0.6) is 0 Å². The van der Waals surface area contributed by atoms with E-state index in [0.29, 0.717) is 0 Å². The van der Waals surface area contributed by atoms with Gasteiger partial charge in [-0.1, -0.05) is 6.07 Å². The van der Waals surface area contributed by atoms with Crippen molar-refractivity contribution in [1.82, 2.24) is 0 Å². The highest BCUT2D eigenvalue weighted by Crippen LogP contribution is 2.13. The molecule has 1 N–H and O–H groups in total. The molecule has 0 aliphatic carbocycles. The molecule has 0 amide bonds. The average Bonchev–Trinajstić information content (AvgIpc) is 2.64. The first-order chi connectivity index (χ1) is 6.74. The summed E-state index contributed by atoms with van der Waals surface area (Å²) in [5, 5.41) is 18.9. The van der Waals surface area contributed by atoms with Crippen molar-refractivity contribution >= 4 is 35.0 Å². The van der Waals surface area contributed by atoms with E-state index in [2.05, 4.69) is 4.40 Å². The number of hydrogen-bond acceptors (Lipinski definition) is 5. The fourth-order valence-corrected chi connectivity index (χ4v) is 1.85. The second kappa shape index (κ2) is 5.42. The zero-order valence-corrected chi connectivity index (χ0v) is 8.64. The topological polar surface area (TPSA) is 73.5 Å². The summed E-state index contributed by atoms with van der Waals surface area (Å²) in [6.45, 7) is 0. The van der Waals surface area contributed by atoms with Gasteiger partial charge in [0.1, 0.15) is 11.8 Å². The van der Waals surface area contributed by atoms with Crippen LogP contribution in [0.3, 0.4) is 0 Å². The van der Waals surface area contributed by atoms with E-state index >= 15 is 0 Å². The maximum Gasteiger partial charge on any atom is 0.315 e. The van der Waals surface area contributed by atoms with Gasteiger partial charge in [0.2, 0.25) is 0 Å². The molecule has 0 saturated heterocycles. The van der Waals surface area contributed by atoms with Crippen LogP contribution in [-0.4, -0.2) is 22.5 Å². The predicted octanol–water partition coefficient (Wildman–Crippen LogP) is 1.79. The Hall–Kier alpha value is -1.32. The molecule has 0 aliphatic heterocycles. The number of nitriles is 1. The molecule has 1 aromatic heterocycles. The van der Waals surface area contributed by atoms with Crippen LogP contribution in [0.1, 0.15) is 4.88 Å². The minimum absolute atomic E-state index is 0.128. The molecule has 4 nitrogen and oxygen atoms in total. The lowest BCUT2D eigenvalue weighted by atomic mass is 10.3. The van der Waals surface area contributed by atoms with Gasteiger partial charge in [-0.25, -0.2) is 4.40 Å². The Balaban J connectivity index is 2.64. The average molecular weight is 226 g/mol. The van der Waals surface area contributed by atoms with Gasteiger partial charge in [-0.15, -0.1) is 11.3 Å². The second-order valence-electron chi connectivity index (χ2n) is 2.20. The molecule has 1 rings (SSSR count). The fourth-order valence-electron chi connectivity index (χ4n) is 0.686. The first-order valence-corrected chi connectivity index (χ1v) is 5.42. The molecule has 0 unspecified atom stereocenters. The summed E-state index contributed by atoms with van der Waals surface area (Å²) in [6, 6.07) is 5.51. The fraction of sp³-hybridized carbons (Fsp3) is 0.125. The number of carboxylic acids is 1. The summed E-state index contributed by atoms with van der Waals surface area (Å²) >= 11 is 2.27. The van der Waals surface area contributed by atoms with Gasteiger partial charge in [0.25, 0.3) is 0 Å². The predicted molar refractivity (Wildman–Crippen MR) is 56.6 cm³/mol. The van der Waals surface area contributed by atoms with E-state index in [9.17, 15) is 4.79 Å². The van der Waals surface area contributed by atoms with E-state index < -0.39 is 5.97 Å². The number of hydrogen-bond donors (Lipinski definition) is 1. The van der Waals surface area contributed by atoms with Gasteiger partial charge in [-0.05, 0) is 23.4 Å². The Morgan fingerprint density at radius 1 is 1.79 bits per heavy atom. The summed E-state index contributed by atoms with van der Waals surface area (Å²) in [5.74, 6) is -1.07. The lowest BCUT2D eigenvalue weighted by molar-refractivity contribution is -0.133. The Kier molecular flexibility index (Phi) is 4.16. The third kappa shape index (κ3) is 3.20. The van der Waals surface area contributed by atoms with Gasteiger partial charge in [-0.2, -0.15) is 5.26 Å². The van der Waals surface area contributed by atoms with E-state index in [-0.39, 0.29) is 11.5 Å². The number of nitrogens with zero attached hydrogens (tertiary/aromatic N) is 2. The molecule has 0 aliphatic rings. The van der Waals surface area contributed by atoms with E-state index in [4.69, 9.17) is 10.4 Å². The number of carboxylic acid groups (broad SMARTS) is 1. The quantitative estimate of drug-likeness (QED) is 0.627. The normalized spacial score (nSPS) is 10.9. The monoisotopic (exact) mass is 226 g/mol. The van der Waals surface area contributed by atoms with Gasteiger partial charge in [-0.3, -0.25) is 4.79 Å². The molecular formula is C8H6N2O2S2. The van der Waals surface area contributed by atoms with Crippen LogP contribution in [0.2, 0.25) is 0 Å². The van der Waals surface area contributed by atoms with E-state index in [0.717, 1.165) is 16.8 Å². The molecule has 0 bridgehead atoms. The number of thiophene rings is 1. The summed E-state index contributed by atoms with van der Waals surface area (Å²) in [4.78, 5) is 10.9. The van der Waals surface area contributed by atoms with Gasteiger partial charge in [0.05, 0.1) is 4.88 Å². The standard InChI is InChI=1S/C8H6N2O2S2/c9-4-6(7-2-1-3-13-7)10-14-5-8(11)12/h1-3H,5H2,(H,11,12)/b10-6+. The molecule has 0 spiro atoms. The molecule has 0 atom stereocenters. The van der Waals surface area contributed by atoms with Crippen molar-refractivity contribution in [3.63, 3.8) is 0 Å². The minimum atomic E-state index is -0.942. The molecule has 0 saturated carbocycles. The number of carbonyl (C=O) groups is 1. The highest BCUT2D eigenvalue weighted by atomic mass is 32.2. The van der Waals surface area contributed by atoms with Crippen molar-refractivity contribution in [2.75, 3.05) is 5.75 Å². The summed E-state index contributed by atoms with van der Waals surface area (Å²) in [6.07, 6.45) is 0. The van der Waals surface area contributed by atoms with Crippen LogP contribution in [-0.2, 0) is 4.79 Å². The van der Waals surface area contributed by atoms with Crippen LogP contribution in [0.15, 0.2) is 21.9 Å². The third-order valence-corrected chi connectivity index (χ3v) is 2.77. The highest BCUT2D eigenvalue weighted by Gasteiger charge is 2.03. The molecule has 1 heterocycles. The van der Waals surface area contributed by atoms with Crippen LogP contribution < -0.4 is 0 Å². The van der Waals surface area contributed by atoms with E-state index in [1.54, 1.807) is 6.07 Å².